The van der Waals surface area contributed by atoms with Crippen molar-refractivity contribution in [2.45, 2.75) is 0 Å². The predicted molar refractivity (Wildman–Crippen MR) is 52.9 cm³/mol. The number of terminal acetylenes is 1. The van der Waals surface area contributed by atoms with Gasteiger partial charge in [-0.15, -0.1) is 6.42 Å². The minimum absolute atomic E-state index is 0.387. The minimum atomic E-state index is 0.387. The molecule has 3 nitrogen and oxygen atoms in total. The predicted octanol–water partition coefficient (Wildman–Crippen LogP) is 1.19. The Bertz CT molecular complexity index is 382. The lowest BCUT2D eigenvalue weighted by molar-refractivity contribution is 1.36. The Labute approximate surface area is 77.2 Å². The molecule has 0 heterocycles. The van der Waals surface area contributed by atoms with Crippen molar-refractivity contribution in [2.24, 2.45) is 0 Å². The molecule has 0 aliphatic heterocycles. The van der Waals surface area contributed by atoms with Crippen LogP contribution >= 0.6 is 0 Å². The Kier molecular flexibility index (Phi) is 2.78. The zero-order chi connectivity index (χ0) is 9.68. The van der Waals surface area contributed by atoms with Gasteiger partial charge in [-0.1, -0.05) is 5.92 Å². The van der Waals surface area contributed by atoms with Crippen LogP contribution in [0.15, 0.2) is 18.2 Å². The molecule has 1 rings (SSSR count). The Morgan fingerprint density at radius 1 is 1.54 bits per heavy atom. The van der Waals surface area contributed by atoms with Gasteiger partial charge in [0, 0.05) is 5.69 Å². The van der Waals surface area contributed by atoms with Gasteiger partial charge < -0.3 is 11.1 Å². The van der Waals surface area contributed by atoms with Crippen LogP contribution in [0.5, 0.6) is 0 Å². The molecule has 1 aromatic rings. The van der Waals surface area contributed by atoms with Gasteiger partial charge in [0.1, 0.15) is 6.07 Å². The SMILES string of the molecule is C#CCNc1cc(N)ccc1C#N. The van der Waals surface area contributed by atoms with Crippen molar-refractivity contribution in [1.29, 1.82) is 5.26 Å². The number of rotatable bonds is 2. The van der Waals surface area contributed by atoms with Crippen molar-refractivity contribution in [2.75, 3.05) is 17.6 Å². The van der Waals surface area contributed by atoms with Crippen LogP contribution < -0.4 is 11.1 Å². The summed E-state index contributed by atoms with van der Waals surface area (Å²) in [5.74, 6) is 2.43. The molecule has 0 saturated carbocycles. The number of nitrogens with zero attached hydrogens (tertiary/aromatic N) is 1. The van der Waals surface area contributed by atoms with Gasteiger partial charge in [0.05, 0.1) is 17.8 Å². The Balaban J connectivity index is 2.97. The van der Waals surface area contributed by atoms with E-state index in [0.717, 1.165) is 0 Å². The summed E-state index contributed by atoms with van der Waals surface area (Å²) in [5.41, 5.74) is 7.39. The molecule has 0 unspecified atom stereocenters. The number of hydrogen-bond donors (Lipinski definition) is 2. The highest BCUT2D eigenvalue weighted by Crippen LogP contribution is 2.17. The second kappa shape index (κ2) is 4.04. The molecule has 1 aromatic carbocycles. The highest BCUT2D eigenvalue weighted by molar-refractivity contribution is 5.64. The highest BCUT2D eigenvalue weighted by Gasteiger charge is 1.99. The monoisotopic (exact) mass is 171 g/mol. The van der Waals surface area contributed by atoms with Gasteiger partial charge in [0.25, 0.3) is 0 Å². The van der Waals surface area contributed by atoms with Gasteiger partial charge >= 0.3 is 0 Å². The fraction of sp³-hybridized carbons (Fsp3) is 0.100. The summed E-state index contributed by atoms with van der Waals surface area (Å²) in [4.78, 5) is 0. The first-order chi connectivity index (χ1) is 6.27. The van der Waals surface area contributed by atoms with Crippen molar-refractivity contribution in [3.8, 4) is 18.4 Å². The lowest BCUT2D eigenvalue weighted by Gasteiger charge is -2.05. The van der Waals surface area contributed by atoms with Crippen LogP contribution in [0.1, 0.15) is 5.56 Å². The summed E-state index contributed by atoms with van der Waals surface area (Å²) in [5, 5.41) is 11.6. The van der Waals surface area contributed by atoms with E-state index >= 15 is 0 Å². The number of anilines is 2. The molecule has 64 valence electrons. The van der Waals surface area contributed by atoms with E-state index in [1.165, 1.54) is 0 Å². The topological polar surface area (TPSA) is 61.8 Å². The minimum Gasteiger partial charge on any atom is -0.399 e. The molecule has 0 saturated heterocycles. The van der Waals surface area contributed by atoms with Crippen LogP contribution in [-0.4, -0.2) is 6.54 Å². The average Bonchev–Trinajstić information content (AvgIpc) is 2.15. The molecule has 0 amide bonds. The zero-order valence-corrected chi connectivity index (χ0v) is 7.04. The quantitative estimate of drug-likeness (QED) is 0.519. The van der Waals surface area contributed by atoms with E-state index in [-0.39, 0.29) is 0 Å². The van der Waals surface area contributed by atoms with Gasteiger partial charge in [-0.05, 0) is 18.2 Å². The maximum Gasteiger partial charge on any atom is 0.101 e. The Morgan fingerprint density at radius 3 is 2.92 bits per heavy atom. The van der Waals surface area contributed by atoms with Crippen LogP contribution in [0, 0.1) is 23.7 Å². The Morgan fingerprint density at radius 2 is 2.31 bits per heavy atom. The first-order valence-electron chi connectivity index (χ1n) is 3.75. The summed E-state index contributed by atoms with van der Waals surface area (Å²) in [6.07, 6.45) is 5.08. The molecule has 0 spiro atoms. The van der Waals surface area contributed by atoms with Crippen LogP contribution in [0.3, 0.4) is 0 Å². The van der Waals surface area contributed by atoms with Crippen LogP contribution in [0.4, 0.5) is 11.4 Å². The molecule has 0 aliphatic carbocycles. The molecule has 3 heteroatoms. The summed E-state index contributed by atoms with van der Waals surface area (Å²) < 4.78 is 0. The molecule has 0 bridgehead atoms. The first kappa shape index (κ1) is 8.96. The van der Waals surface area contributed by atoms with E-state index in [0.29, 0.717) is 23.5 Å². The third-order valence-corrected chi connectivity index (χ3v) is 1.54. The molecule has 0 aliphatic rings. The van der Waals surface area contributed by atoms with Crippen molar-refractivity contribution < 1.29 is 0 Å². The van der Waals surface area contributed by atoms with Crippen molar-refractivity contribution in [3.05, 3.63) is 23.8 Å². The number of nitrogens with one attached hydrogen (secondary N) is 1. The fourth-order valence-corrected chi connectivity index (χ4v) is 0.952. The van der Waals surface area contributed by atoms with Gasteiger partial charge in [-0.3, -0.25) is 0 Å². The molecular formula is C10H9N3. The average molecular weight is 171 g/mol. The Hall–Kier alpha value is -2.13. The molecule has 0 radical (unpaired) electrons. The zero-order valence-electron chi connectivity index (χ0n) is 7.04. The van der Waals surface area contributed by atoms with E-state index in [1.807, 2.05) is 6.07 Å². The van der Waals surface area contributed by atoms with E-state index in [1.54, 1.807) is 18.2 Å². The van der Waals surface area contributed by atoms with E-state index in [4.69, 9.17) is 17.4 Å². The maximum atomic E-state index is 8.73. The van der Waals surface area contributed by atoms with Crippen LogP contribution in [0.25, 0.3) is 0 Å². The van der Waals surface area contributed by atoms with Gasteiger partial charge in [-0.25, -0.2) is 0 Å². The molecule has 3 N–H and O–H groups in total. The van der Waals surface area contributed by atoms with E-state index < -0.39 is 0 Å². The third kappa shape index (κ3) is 2.15. The largest absolute Gasteiger partial charge is 0.399 e. The second-order valence-corrected chi connectivity index (χ2v) is 2.47. The molecule has 0 fully saturated rings. The van der Waals surface area contributed by atoms with Crippen molar-refractivity contribution in [3.63, 3.8) is 0 Å². The van der Waals surface area contributed by atoms with Gasteiger partial charge in [0.15, 0.2) is 0 Å². The third-order valence-electron chi connectivity index (χ3n) is 1.54. The number of nitrogen functional groups attached to an aromatic ring is 1. The lowest BCUT2D eigenvalue weighted by atomic mass is 10.2. The highest BCUT2D eigenvalue weighted by atomic mass is 14.9. The van der Waals surface area contributed by atoms with E-state index in [2.05, 4.69) is 11.2 Å². The summed E-state index contributed by atoms with van der Waals surface area (Å²) in [7, 11) is 0. The fourth-order valence-electron chi connectivity index (χ4n) is 0.952. The maximum absolute atomic E-state index is 8.73. The van der Waals surface area contributed by atoms with Crippen LogP contribution in [-0.2, 0) is 0 Å². The molecule has 0 atom stereocenters. The van der Waals surface area contributed by atoms with Gasteiger partial charge in [0.2, 0.25) is 0 Å². The van der Waals surface area contributed by atoms with Crippen LogP contribution in [0.2, 0.25) is 0 Å². The number of hydrogen-bond acceptors (Lipinski definition) is 3. The standard InChI is InChI=1S/C10H9N3/c1-2-5-13-10-6-9(12)4-3-8(10)7-11/h1,3-4,6,13H,5,12H2. The molecular weight excluding hydrogens is 162 g/mol. The van der Waals surface area contributed by atoms with Crippen molar-refractivity contribution in [1.82, 2.24) is 0 Å². The van der Waals surface area contributed by atoms with E-state index in [9.17, 15) is 0 Å². The van der Waals surface area contributed by atoms with Crippen molar-refractivity contribution >= 4 is 11.4 Å². The molecule has 0 aromatic heterocycles. The first-order valence-corrected chi connectivity index (χ1v) is 3.75. The summed E-state index contributed by atoms with van der Waals surface area (Å²) in [6.45, 7) is 0.387. The second-order valence-electron chi connectivity index (χ2n) is 2.47. The summed E-state index contributed by atoms with van der Waals surface area (Å²) >= 11 is 0. The molecule has 13 heavy (non-hydrogen) atoms. The number of nitriles is 1. The number of benzene rings is 1. The lowest BCUT2D eigenvalue weighted by Crippen LogP contribution is -2.01. The number of nitrogens with two attached hydrogens (primary N) is 1. The normalized spacial score (nSPS) is 8.46. The summed E-state index contributed by atoms with van der Waals surface area (Å²) in [6, 6.07) is 7.08. The smallest absolute Gasteiger partial charge is 0.101 e. The van der Waals surface area contributed by atoms with Gasteiger partial charge in [-0.2, -0.15) is 5.26 Å².